The van der Waals surface area contributed by atoms with E-state index < -0.39 is 5.97 Å². The summed E-state index contributed by atoms with van der Waals surface area (Å²) >= 11 is 0. The van der Waals surface area contributed by atoms with Crippen LogP contribution in [0.4, 0.5) is 5.69 Å². The van der Waals surface area contributed by atoms with E-state index in [1.54, 1.807) is 0 Å². The summed E-state index contributed by atoms with van der Waals surface area (Å²) in [5.74, 6) is -0.313. The monoisotopic (exact) mass is 389 g/mol. The molecule has 1 aliphatic heterocycles. The van der Waals surface area contributed by atoms with Crippen molar-refractivity contribution in [3.05, 3.63) is 29.8 Å². The molecule has 1 aliphatic rings. The van der Waals surface area contributed by atoms with Crippen LogP contribution in [0.15, 0.2) is 24.3 Å². The number of carbonyl (C=O) groups excluding carboxylic acids is 1. The molecule has 1 aromatic rings. The van der Waals surface area contributed by atoms with Crippen molar-refractivity contribution in [1.29, 1.82) is 0 Å². The lowest BCUT2D eigenvalue weighted by Gasteiger charge is -2.39. The Morgan fingerprint density at radius 3 is 2.29 bits per heavy atom. The second kappa shape index (κ2) is 10.5. The Hall–Kier alpha value is -2.08. The minimum Gasteiger partial charge on any atom is -0.481 e. The predicted molar refractivity (Wildman–Crippen MR) is 113 cm³/mol. The van der Waals surface area contributed by atoms with Gasteiger partial charge < -0.3 is 19.8 Å². The van der Waals surface area contributed by atoms with Gasteiger partial charge in [0.2, 0.25) is 0 Å². The van der Waals surface area contributed by atoms with Crippen LogP contribution in [0.2, 0.25) is 0 Å². The molecule has 0 unspecified atom stereocenters. The fourth-order valence-corrected chi connectivity index (χ4v) is 4.06. The zero-order valence-corrected chi connectivity index (χ0v) is 17.7. The van der Waals surface area contributed by atoms with E-state index >= 15 is 0 Å². The number of anilines is 1. The molecule has 1 aromatic carbocycles. The average molecular weight is 390 g/mol. The Morgan fingerprint density at radius 1 is 1.11 bits per heavy atom. The van der Waals surface area contributed by atoms with Gasteiger partial charge in [-0.2, -0.15) is 0 Å². The molecule has 28 heavy (non-hydrogen) atoms. The first-order valence-corrected chi connectivity index (χ1v) is 10.4. The fraction of sp³-hybridized carbons (Fsp3) is 0.636. The Morgan fingerprint density at radius 2 is 1.75 bits per heavy atom. The largest absolute Gasteiger partial charge is 0.481 e. The maximum atomic E-state index is 13.0. The lowest BCUT2D eigenvalue weighted by Crippen LogP contribution is -2.45. The zero-order valence-electron chi connectivity index (χ0n) is 17.7. The number of rotatable bonds is 9. The molecular formula is C22H35N3O3. The molecule has 0 radical (unpaired) electrons. The normalized spacial score (nSPS) is 19.7. The van der Waals surface area contributed by atoms with Crippen LogP contribution in [0.3, 0.4) is 0 Å². The van der Waals surface area contributed by atoms with Crippen molar-refractivity contribution in [1.82, 2.24) is 9.80 Å². The lowest BCUT2D eigenvalue weighted by atomic mass is 9.81. The third-order valence-corrected chi connectivity index (χ3v) is 5.96. The number of benzene rings is 1. The maximum absolute atomic E-state index is 13.0. The Kier molecular flexibility index (Phi) is 8.30. The molecule has 2 rings (SSSR count). The van der Waals surface area contributed by atoms with Crippen LogP contribution in [-0.2, 0) is 4.79 Å². The second-order valence-electron chi connectivity index (χ2n) is 7.91. The minimum atomic E-state index is -0.739. The van der Waals surface area contributed by atoms with Crippen molar-refractivity contribution in [2.45, 2.75) is 33.1 Å². The number of carbonyl (C=O) groups is 2. The average Bonchev–Trinajstić information content (AvgIpc) is 2.69. The van der Waals surface area contributed by atoms with Gasteiger partial charge in [-0.15, -0.1) is 0 Å². The quantitative estimate of drug-likeness (QED) is 0.703. The van der Waals surface area contributed by atoms with E-state index in [1.807, 2.05) is 48.2 Å². The molecular weight excluding hydrogens is 354 g/mol. The van der Waals surface area contributed by atoms with Crippen LogP contribution < -0.4 is 4.90 Å². The van der Waals surface area contributed by atoms with E-state index in [9.17, 15) is 14.7 Å². The number of carboxylic acid groups (broad SMARTS) is 1. The smallest absolute Gasteiger partial charge is 0.303 e. The van der Waals surface area contributed by atoms with Crippen LogP contribution in [0.25, 0.3) is 0 Å². The van der Waals surface area contributed by atoms with Gasteiger partial charge in [-0.1, -0.05) is 13.8 Å². The van der Waals surface area contributed by atoms with E-state index in [-0.39, 0.29) is 24.2 Å². The Bertz CT molecular complexity index is 641. The Labute approximate surface area is 169 Å². The molecule has 0 aromatic heterocycles. The predicted octanol–water partition coefficient (Wildman–Crippen LogP) is 3.04. The number of amides is 1. The summed E-state index contributed by atoms with van der Waals surface area (Å²) in [7, 11) is 3.95. The molecule has 156 valence electrons. The van der Waals surface area contributed by atoms with Gasteiger partial charge >= 0.3 is 5.97 Å². The van der Waals surface area contributed by atoms with Crippen LogP contribution in [0.1, 0.15) is 43.5 Å². The topological polar surface area (TPSA) is 64.1 Å². The number of nitrogens with zero attached hydrogens (tertiary/aromatic N) is 3. The molecule has 6 nitrogen and oxygen atoms in total. The SMILES string of the molecule is CCN(CC)CC[C@@H]1CN(C(=O)c2ccc(N(C)C)cc2)CC[C@H]1CC(=O)O. The van der Waals surface area contributed by atoms with Gasteiger partial charge in [0.15, 0.2) is 0 Å². The van der Waals surface area contributed by atoms with E-state index in [2.05, 4.69) is 18.7 Å². The zero-order chi connectivity index (χ0) is 20.7. The summed E-state index contributed by atoms with van der Waals surface area (Å²) in [6, 6.07) is 7.68. The van der Waals surface area contributed by atoms with Crippen molar-refractivity contribution >= 4 is 17.6 Å². The third kappa shape index (κ3) is 5.96. The molecule has 1 amide bonds. The van der Waals surface area contributed by atoms with E-state index in [1.165, 1.54) is 0 Å². The highest BCUT2D eigenvalue weighted by Gasteiger charge is 2.33. The van der Waals surface area contributed by atoms with Crippen molar-refractivity contribution < 1.29 is 14.7 Å². The third-order valence-electron chi connectivity index (χ3n) is 5.96. The number of piperidine rings is 1. The summed E-state index contributed by atoms with van der Waals surface area (Å²) in [5.41, 5.74) is 1.76. The Balaban J connectivity index is 2.07. The van der Waals surface area contributed by atoms with Crippen LogP contribution in [0, 0.1) is 11.8 Å². The molecule has 0 aliphatic carbocycles. The van der Waals surface area contributed by atoms with Gasteiger partial charge in [0.25, 0.3) is 5.91 Å². The fourth-order valence-electron chi connectivity index (χ4n) is 4.06. The summed E-state index contributed by atoms with van der Waals surface area (Å²) < 4.78 is 0. The first-order chi connectivity index (χ1) is 13.3. The molecule has 6 heteroatoms. The standard InChI is InChI=1S/C22H35N3O3/c1-5-24(6-2)13-11-19-16-25(14-12-18(19)15-21(26)27)22(28)17-7-9-20(10-8-17)23(3)4/h7-10,18-19H,5-6,11-16H2,1-4H3,(H,26,27)/t18-,19+/m0/s1. The van der Waals surface area contributed by atoms with Gasteiger partial charge in [0.05, 0.1) is 0 Å². The van der Waals surface area contributed by atoms with Gasteiger partial charge in [-0.05, 0) is 68.6 Å². The highest BCUT2D eigenvalue weighted by molar-refractivity contribution is 5.94. The van der Waals surface area contributed by atoms with Crippen molar-refractivity contribution in [2.24, 2.45) is 11.8 Å². The van der Waals surface area contributed by atoms with Gasteiger partial charge in [-0.25, -0.2) is 0 Å². The summed E-state index contributed by atoms with van der Waals surface area (Å²) in [6.45, 7) is 8.51. The minimum absolute atomic E-state index is 0.0481. The first-order valence-electron chi connectivity index (χ1n) is 10.4. The van der Waals surface area contributed by atoms with E-state index in [4.69, 9.17) is 0 Å². The molecule has 0 spiro atoms. The first kappa shape index (κ1) is 22.2. The number of hydrogen-bond acceptors (Lipinski definition) is 4. The van der Waals surface area contributed by atoms with Gasteiger partial charge in [0.1, 0.15) is 0 Å². The van der Waals surface area contributed by atoms with E-state index in [0.717, 1.165) is 38.2 Å². The lowest BCUT2D eigenvalue weighted by molar-refractivity contribution is -0.139. The molecule has 0 saturated carbocycles. The highest BCUT2D eigenvalue weighted by Crippen LogP contribution is 2.30. The van der Waals surface area contributed by atoms with Gasteiger partial charge in [-0.3, -0.25) is 9.59 Å². The molecule has 2 atom stereocenters. The van der Waals surface area contributed by atoms with Crippen molar-refractivity contribution in [2.75, 3.05) is 51.7 Å². The summed E-state index contributed by atoms with van der Waals surface area (Å²) in [4.78, 5) is 30.6. The summed E-state index contributed by atoms with van der Waals surface area (Å²) in [6.07, 6.45) is 1.89. The van der Waals surface area contributed by atoms with Crippen LogP contribution in [0.5, 0.6) is 0 Å². The molecule has 1 heterocycles. The summed E-state index contributed by atoms with van der Waals surface area (Å²) in [5, 5.41) is 9.28. The van der Waals surface area contributed by atoms with Crippen LogP contribution >= 0.6 is 0 Å². The molecule has 1 fully saturated rings. The van der Waals surface area contributed by atoms with Crippen LogP contribution in [-0.4, -0.2) is 73.6 Å². The number of hydrogen-bond donors (Lipinski definition) is 1. The highest BCUT2D eigenvalue weighted by atomic mass is 16.4. The van der Waals surface area contributed by atoms with Crippen molar-refractivity contribution in [3.8, 4) is 0 Å². The molecule has 1 N–H and O–H groups in total. The number of carboxylic acids is 1. The van der Waals surface area contributed by atoms with E-state index in [0.29, 0.717) is 18.7 Å². The van der Waals surface area contributed by atoms with Crippen molar-refractivity contribution in [3.63, 3.8) is 0 Å². The van der Waals surface area contributed by atoms with Gasteiger partial charge in [0, 0.05) is 44.9 Å². The number of likely N-dealkylation sites (tertiary alicyclic amines) is 1. The molecule has 1 saturated heterocycles. The maximum Gasteiger partial charge on any atom is 0.303 e. The second-order valence-corrected chi connectivity index (χ2v) is 7.91. The number of aliphatic carboxylic acids is 1. The molecule has 0 bridgehead atoms.